The minimum atomic E-state index is -0.923. The number of carboxylic acids is 1. The van der Waals surface area contributed by atoms with Gasteiger partial charge in [0.05, 0.1) is 5.37 Å². The molecule has 2 amide bonds. The van der Waals surface area contributed by atoms with Gasteiger partial charge in [0, 0.05) is 11.8 Å². The number of hydrogen-bond donors (Lipinski definition) is 2. The van der Waals surface area contributed by atoms with Crippen LogP contribution in [0.2, 0.25) is 0 Å². The van der Waals surface area contributed by atoms with Crippen LogP contribution in [0.4, 0.5) is 4.79 Å². The average Bonchev–Trinajstić information content (AvgIpc) is 2.72. The Hall–Kier alpha value is -0.910. The molecule has 0 bridgehead atoms. The normalized spacial score (nSPS) is 25.7. The molecule has 17 heavy (non-hydrogen) atoms. The van der Waals surface area contributed by atoms with Crippen molar-refractivity contribution in [1.82, 2.24) is 10.2 Å². The van der Waals surface area contributed by atoms with Crippen LogP contribution in [0, 0.1) is 0 Å². The maximum absolute atomic E-state index is 12.0. The fourth-order valence-corrected chi connectivity index (χ4v) is 3.07. The number of aliphatic carboxylic acids is 1. The van der Waals surface area contributed by atoms with Gasteiger partial charge in [0.15, 0.2) is 0 Å². The topological polar surface area (TPSA) is 69.6 Å². The van der Waals surface area contributed by atoms with E-state index in [1.807, 2.05) is 20.8 Å². The van der Waals surface area contributed by atoms with Gasteiger partial charge in [-0.3, -0.25) is 4.90 Å². The number of hydrogen-bond acceptors (Lipinski definition) is 3. The van der Waals surface area contributed by atoms with Gasteiger partial charge in [-0.25, -0.2) is 9.59 Å². The van der Waals surface area contributed by atoms with Crippen LogP contribution in [-0.2, 0) is 4.79 Å². The molecule has 0 aliphatic carbocycles. The van der Waals surface area contributed by atoms with E-state index in [9.17, 15) is 9.59 Å². The van der Waals surface area contributed by atoms with Crippen molar-refractivity contribution in [2.75, 3.05) is 5.75 Å². The molecule has 1 fully saturated rings. The van der Waals surface area contributed by atoms with Crippen molar-refractivity contribution < 1.29 is 14.7 Å². The molecular weight excluding hydrogens is 240 g/mol. The summed E-state index contributed by atoms with van der Waals surface area (Å²) >= 11 is 1.53. The molecule has 0 saturated carbocycles. The fourth-order valence-electron chi connectivity index (χ4n) is 1.73. The third-order valence-electron chi connectivity index (χ3n) is 2.94. The zero-order chi connectivity index (χ0) is 13.0. The second-order valence-electron chi connectivity index (χ2n) is 4.22. The van der Waals surface area contributed by atoms with Gasteiger partial charge in [-0.2, -0.15) is 0 Å². The molecule has 2 N–H and O–H groups in total. The van der Waals surface area contributed by atoms with Crippen LogP contribution in [0.5, 0.6) is 0 Å². The van der Waals surface area contributed by atoms with Gasteiger partial charge >= 0.3 is 12.0 Å². The van der Waals surface area contributed by atoms with E-state index >= 15 is 0 Å². The number of urea groups is 1. The van der Waals surface area contributed by atoms with Crippen molar-refractivity contribution in [3.05, 3.63) is 0 Å². The van der Waals surface area contributed by atoms with E-state index < -0.39 is 12.0 Å². The number of carbonyl (C=O) groups is 2. The number of rotatable bonds is 4. The lowest BCUT2D eigenvalue weighted by atomic mass is 10.2. The summed E-state index contributed by atoms with van der Waals surface area (Å²) in [4.78, 5) is 24.6. The fraction of sp³-hybridized carbons (Fsp3) is 0.818. The molecule has 3 unspecified atom stereocenters. The van der Waals surface area contributed by atoms with Crippen LogP contribution in [0.3, 0.4) is 0 Å². The first kappa shape index (κ1) is 14.2. The number of thioether (sulfide) groups is 1. The first-order valence-electron chi connectivity index (χ1n) is 5.94. The monoisotopic (exact) mass is 260 g/mol. The standard InChI is InChI=1S/C11H20N2O3S/c1-4-7(3)12-11(16)13-8(10(14)15)6-17-9(13)5-2/h7-9H,4-6H2,1-3H3,(H,12,16)(H,14,15). The van der Waals surface area contributed by atoms with E-state index in [2.05, 4.69) is 5.32 Å². The summed E-state index contributed by atoms with van der Waals surface area (Å²) in [6, 6.07) is -0.891. The summed E-state index contributed by atoms with van der Waals surface area (Å²) in [6.45, 7) is 5.86. The van der Waals surface area contributed by atoms with Crippen molar-refractivity contribution in [3.63, 3.8) is 0 Å². The largest absolute Gasteiger partial charge is 0.480 e. The highest BCUT2D eigenvalue weighted by Crippen LogP contribution is 2.31. The Morgan fingerprint density at radius 2 is 2.18 bits per heavy atom. The van der Waals surface area contributed by atoms with Gasteiger partial charge in [-0.1, -0.05) is 13.8 Å². The third kappa shape index (κ3) is 3.28. The zero-order valence-corrected chi connectivity index (χ0v) is 11.3. The summed E-state index contributed by atoms with van der Waals surface area (Å²) < 4.78 is 0. The number of nitrogens with one attached hydrogen (secondary N) is 1. The van der Waals surface area contributed by atoms with E-state index in [-0.39, 0.29) is 17.4 Å². The highest BCUT2D eigenvalue weighted by Gasteiger charge is 2.40. The molecule has 0 spiro atoms. The molecular formula is C11H20N2O3S. The SMILES string of the molecule is CCC(C)NC(=O)N1C(CC)SCC1C(=O)O. The van der Waals surface area contributed by atoms with Crippen molar-refractivity contribution in [2.45, 2.75) is 51.1 Å². The van der Waals surface area contributed by atoms with Crippen LogP contribution in [0.25, 0.3) is 0 Å². The van der Waals surface area contributed by atoms with Crippen LogP contribution in [0.1, 0.15) is 33.6 Å². The van der Waals surface area contributed by atoms with Crippen LogP contribution >= 0.6 is 11.8 Å². The highest BCUT2D eigenvalue weighted by molar-refractivity contribution is 8.00. The third-order valence-corrected chi connectivity index (χ3v) is 4.40. The van der Waals surface area contributed by atoms with E-state index in [0.717, 1.165) is 12.8 Å². The quantitative estimate of drug-likeness (QED) is 0.807. The molecule has 1 aliphatic heterocycles. The van der Waals surface area contributed by atoms with E-state index in [0.29, 0.717) is 5.75 Å². The van der Waals surface area contributed by atoms with Gasteiger partial charge in [-0.15, -0.1) is 11.8 Å². The minimum Gasteiger partial charge on any atom is -0.480 e. The first-order valence-corrected chi connectivity index (χ1v) is 6.99. The number of carboxylic acid groups (broad SMARTS) is 1. The molecule has 1 rings (SSSR count). The zero-order valence-electron chi connectivity index (χ0n) is 10.5. The molecule has 5 nitrogen and oxygen atoms in total. The van der Waals surface area contributed by atoms with Crippen LogP contribution in [0.15, 0.2) is 0 Å². The lowest BCUT2D eigenvalue weighted by Crippen LogP contribution is -2.51. The summed E-state index contributed by atoms with van der Waals surface area (Å²) in [5.74, 6) is -0.449. The predicted molar refractivity (Wildman–Crippen MR) is 68.1 cm³/mol. The maximum atomic E-state index is 12.0. The Balaban J connectivity index is 2.74. The molecule has 1 aliphatic rings. The molecule has 3 atom stereocenters. The summed E-state index contributed by atoms with van der Waals surface area (Å²) in [5, 5.41) is 11.9. The molecule has 98 valence electrons. The Labute approximate surface area is 106 Å². The summed E-state index contributed by atoms with van der Waals surface area (Å²) in [7, 11) is 0. The van der Waals surface area contributed by atoms with E-state index in [1.165, 1.54) is 16.7 Å². The second kappa shape index (κ2) is 6.14. The summed E-state index contributed by atoms with van der Waals surface area (Å²) in [6.07, 6.45) is 1.60. The smallest absolute Gasteiger partial charge is 0.327 e. The van der Waals surface area contributed by atoms with Crippen molar-refractivity contribution in [2.24, 2.45) is 0 Å². The summed E-state index contributed by atoms with van der Waals surface area (Å²) in [5.41, 5.74) is 0. The molecule has 1 saturated heterocycles. The Morgan fingerprint density at radius 1 is 1.53 bits per heavy atom. The molecule has 6 heteroatoms. The van der Waals surface area contributed by atoms with Gasteiger partial charge in [0.1, 0.15) is 6.04 Å². The number of nitrogens with zero attached hydrogens (tertiary/aromatic N) is 1. The molecule has 1 heterocycles. The Kier molecular flexibility index (Phi) is 5.11. The van der Waals surface area contributed by atoms with Crippen molar-refractivity contribution in [1.29, 1.82) is 0 Å². The Morgan fingerprint density at radius 3 is 2.65 bits per heavy atom. The average molecular weight is 260 g/mol. The first-order chi connectivity index (χ1) is 8.01. The molecule has 0 radical (unpaired) electrons. The molecule has 0 aromatic heterocycles. The second-order valence-corrected chi connectivity index (χ2v) is 5.43. The van der Waals surface area contributed by atoms with Crippen molar-refractivity contribution >= 4 is 23.8 Å². The maximum Gasteiger partial charge on any atom is 0.327 e. The highest BCUT2D eigenvalue weighted by atomic mass is 32.2. The number of amides is 2. The van der Waals surface area contributed by atoms with Crippen LogP contribution < -0.4 is 5.32 Å². The Bertz CT molecular complexity index is 298. The molecule has 0 aromatic carbocycles. The van der Waals surface area contributed by atoms with Crippen LogP contribution in [-0.4, -0.2) is 45.2 Å². The molecule has 0 aromatic rings. The van der Waals surface area contributed by atoms with Gasteiger partial charge in [0.2, 0.25) is 0 Å². The van der Waals surface area contributed by atoms with Crippen molar-refractivity contribution in [3.8, 4) is 0 Å². The number of carbonyl (C=O) groups excluding carboxylic acids is 1. The van der Waals surface area contributed by atoms with E-state index in [4.69, 9.17) is 5.11 Å². The lowest BCUT2D eigenvalue weighted by molar-refractivity contribution is -0.141. The van der Waals surface area contributed by atoms with Gasteiger partial charge < -0.3 is 10.4 Å². The lowest BCUT2D eigenvalue weighted by Gasteiger charge is -2.28. The van der Waals surface area contributed by atoms with Gasteiger partial charge in [-0.05, 0) is 19.8 Å². The minimum absolute atomic E-state index is 0.0276. The van der Waals surface area contributed by atoms with E-state index in [1.54, 1.807) is 0 Å². The van der Waals surface area contributed by atoms with Gasteiger partial charge in [0.25, 0.3) is 0 Å². The predicted octanol–water partition coefficient (Wildman–Crippen LogP) is 1.73.